The second-order valence-electron chi connectivity index (χ2n) is 8.45. The molecule has 4 rings (SSSR count). The van der Waals surface area contributed by atoms with Gasteiger partial charge >= 0.3 is 0 Å². The van der Waals surface area contributed by atoms with Gasteiger partial charge in [0.1, 0.15) is 5.82 Å². The molecule has 0 aliphatic carbocycles. The molecule has 1 saturated heterocycles. The minimum Gasteiger partial charge on any atom is -0.357 e. The lowest BCUT2D eigenvalue weighted by Gasteiger charge is -2.21. The van der Waals surface area contributed by atoms with Crippen LogP contribution in [-0.4, -0.2) is 32.4 Å². The van der Waals surface area contributed by atoms with Crippen LogP contribution in [0.1, 0.15) is 47.2 Å². The first kappa shape index (κ1) is 23.9. The lowest BCUT2D eigenvalue weighted by molar-refractivity contribution is 0.0950. The number of benzene rings is 2. The summed E-state index contributed by atoms with van der Waals surface area (Å²) in [7, 11) is -3.74. The number of sulfonamides is 1. The number of carbonyl (C=O) groups excluding carboxylic acids is 1. The number of anilines is 1. The highest BCUT2D eigenvalue weighted by atomic mass is 32.2. The molecule has 2 N–H and O–H groups in total. The summed E-state index contributed by atoms with van der Waals surface area (Å²) in [6.45, 7) is 2.56. The highest BCUT2D eigenvalue weighted by Gasteiger charge is 2.16. The van der Waals surface area contributed by atoms with Crippen molar-refractivity contribution >= 4 is 21.7 Å². The Morgan fingerprint density at radius 1 is 0.853 bits per heavy atom. The molecule has 0 unspecified atom stereocenters. The number of hydrogen-bond acceptors (Lipinski definition) is 5. The first-order chi connectivity index (χ1) is 16.5. The van der Waals surface area contributed by atoms with Crippen LogP contribution >= 0.6 is 0 Å². The van der Waals surface area contributed by atoms with Gasteiger partial charge in [0.25, 0.3) is 5.91 Å². The van der Waals surface area contributed by atoms with Gasteiger partial charge in [0.15, 0.2) is 0 Å². The fourth-order valence-corrected chi connectivity index (χ4v) is 5.02. The Kier molecular flexibility index (Phi) is 7.92. The minimum atomic E-state index is -3.74. The van der Waals surface area contributed by atoms with Gasteiger partial charge in [-0.05, 0) is 48.2 Å². The van der Waals surface area contributed by atoms with Crippen molar-refractivity contribution < 1.29 is 13.2 Å². The fraction of sp³-hybridized carbons (Fsp3) is 0.308. The van der Waals surface area contributed by atoms with Gasteiger partial charge in [0.2, 0.25) is 10.0 Å². The van der Waals surface area contributed by atoms with Crippen molar-refractivity contribution in [2.75, 3.05) is 18.0 Å². The minimum absolute atomic E-state index is 0.0551. The molecule has 8 heteroatoms. The summed E-state index contributed by atoms with van der Waals surface area (Å²) < 4.78 is 28.0. The van der Waals surface area contributed by atoms with Crippen LogP contribution in [0.2, 0.25) is 0 Å². The topological polar surface area (TPSA) is 91.4 Å². The van der Waals surface area contributed by atoms with Gasteiger partial charge in [-0.1, -0.05) is 55.3 Å². The molecule has 1 fully saturated rings. The van der Waals surface area contributed by atoms with Gasteiger partial charge in [-0.25, -0.2) is 18.1 Å². The first-order valence-corrected chi connectivity index (χ1v) is 13.1. The van der Waals surface area contributed by atoms with E-state index in [0.717, 1.165) is 30.0 Å². The molecule has 1 aliphatic rings. The molecule has 3 aromatic rings. The Labute approximate surface area is 201 Å². The zero-order chi connectivity index (χ0) is 23.8. The van der Waals surface area contributed by atoms with Crippen LogP contribution in [0.25, 0.3) is 0 Å². The molecule has 1 aromatic heterocycles. The SMILES string of the molecule is O=C(NCc1ccc(N2CCCCCC2)nc1)c1cccc(S(=O)(=O)NCc2ccccc2)c1. The van der Waals surface area contributed by atoms with Crippen LogP contribution in [0.3, 0.4) is 0 Å². The smallest absolute Gasteiger partial charge is 0.251 e. The Morgan fingerprint density at radius 2 is 1.62 bits per heavy atom. The number of rotatable bonds is 8. The van der Waals surface area contributed by atoms with Gasteiger partial charge in [-0.3, -0.25) is 4.79 Å². The Bertz CT molecular complexity index is 1190. The van der Waals surface area contributed by atoms with E-state index in [1.807, 2.05) is 42.5 Å². The number of amides is 1. The molecule has 178 valence electrons. The van der Waals surface area contributed by atoms with E-state index in [4.69, 9.17) is 0 Å². The molecule has 0 saturated carbocycles. The third-order valence-electron chi connectivity index (χ3n) is 5.91. The molecule has 1 amide bonds. The van der Waals surface area contributed by atoms with E-state index in [1.165, 1.54) is 37.8 Å². The normalized spacial score (nSPS) is 14.4. The van der Waals surface area contributed by atoms with E-state index in [2.05, 4.69) is 19.9 Å². The second kappa shape index (κ2) is 11.3. The van der Waals surface area contributed by atoms with Crippen LogP contribution in [0.15, 0.2) is 77.8 Å². The standard InChI is InChI=1S/C26H30N4O3S/c31-26(28-19-22-13-14-25(27-18-22)30-15-6-1-2-7-16-30)23-11-8-12-24(17-23)34(32,33)29-20-21-9-4-3-5-10-21/h3-5,8-14,17-18,29H,1-2,6-7,15-16,19-20H2,(H,28,31). The summed E-state index contributed by atoms with van der Waals surface area (Å²) in [4.78, 5) is 19.6. The zero-order valence-electron chi connectivity index (χ0n) is 19.1. The van der Waals surface area contributed by atoms with Crippen molar-refractivity contribution in [3.63, 3.8) is 0 Å². The number of nitrogens with one attached hydrogen (secondary N) is 2. The number of nitrogens with zero attached hydrogens (tertiary/aromatic N) is 2. The second-order valence-corrected chi connectivity index (χ2v) is 10.2. The Morgan fingerprint density at radius 3 is 2.32 bits per heavy atom. The predicted octanol–water partition coefficient (Wildman–Crippen LogP) is 3.87. The van der Waals surface area contributed by atoms with E-state index >= 15 is 0 Å². The summed E-state index contributed by atoms with van der Waals surface area (Å²) in [6.07, 6.45) is 6.71. The molecule has 0 radical (unpaired) electrons. The number of pyridine rings is 1. The van der Waals surface area contributed by atoms with Crippen molar-refractivity contribution in [2.24, 2.45) is 0 Å². The third kappa shape index (κ3) is 6.42. The van der Waals surface area contributed by atoms with E-state index in [0.29, 0.717) is 6.54 Å². The molecular formula is C26H30N4O3S. The number of carbonyl (C=O) groups is 1. The molecule has 34 heavy (non-hydrogen) atoms. The van der Waals surface area contributed by atoms with Crippen molar-refractivity contribution in [1.29, 1.82) is 0 Å². The van der Waals surface area contributed by atoms with E-state index in [1.54, 1.807) is 18.3 Å². The predicted molar refractivity (Wildman–Crippen MR) is 133 cm³/mol. The summed E-state index contributed by atoms with van der Waals surface area (Å²) in [5, 5.41) is 2.85. The number of aromatic nitrogens is 1. The van der Waals surface area contributed by atoms with E-state index in [9.17, 15) is 13.2 Å². The van der Waals surface area contributed by atoms with Gasteiger partial charge in [-0.15, -0.1) is 0 Å². The lowest BCUT2D eigenvalue weighted by atomic mass is 10.2. The van der Waals surface area contributed by atoms with Crippen LogP contribution in [0, 0.1) is 0 Å². The third-order valence-corrected chi connectivity index (χ3v) is 7.31. The van der Waals surface area contributed by atoms with Crippen molar-refractivity contribution in [1.82, 2.24) is 15.0 Å². The van der Waals surface area contributed by atoms with Crippen molar-refractivity contribution in [3.8, 4) is 0 Å². The molecule has 2 aromatic carbocycles. The quantitative estimate of drug-likeness (QED) is 0.513. The first-order valence-electron chi connectivity index (χ1n) is 11.6. The van der Waals surface area contributed by atoms with Crippen LogP contribution < -0.4 is 14.9 Å². The molecule has 1 aliphatic heterocycles. The van der Waals surface area contributed by atoms with E-state index < -0.39 is 10.0 Å². The van der Waals surface area contributed by atoms with Crippen LogP contribution in [0.4, 0.5) is 5.82 Å². The van der Waals surface area contributed by atoms with Crippen molar-refractivity contribution in [2.45, 2.75) is 43.7 Å². The zero-order valence-corrected chi connectivity index (χ0v) is 19.9. The molecule has 0 spiro atoms. The number of hydrogen-bond donors (Lipinski definition) is 2. The van der Waals surface area contributed by atoms with E-state index in [-0.39, 0.29) is 22.9 Å². The highest BCUT2D eigenvalue weighted by Crippen LogP contribution is 2.18. The van der Waals surface area contributed by atoms with Gasteiger partial charge in [0, 0.05) is 37.9 Å². The molecular weight excluding hydrogens is 448 g/mol. The van der Waals surface area contributed by atoms with Gasteiger partial charge < -0.3 is 10.2 Å². The molecule has 7 nitrogen and oxygen atoms in total. The molecule has 0 atom stereocenters. The maximum Gasteiger partial charge on any atom is 0.251 e. The lowest BCUT2D eigenvalue weighted by Crippen LogP contribution is -2.26. The molecule has 2 heterocycles. The average Bonchev–Trinajstić information content (AvgIpc) is 3.17. The maximum atomic E-state index is 12.7. The summed E-state index contributed by atoms with van der Waals surface area (Å²) in [6, 6.07) is 19.3. The van der Waals surface area contributed by atoms with Gasteiger partial charge in [0.05, 0.1) is 4.90 Å². The average molecular weight is 479 g/mol. The highest BCUT2D eigenvalue weighted by molar-refractivity contribution is 7.89. The largest absolute Gasteiger partial charge is 0.357 e. The maximum absolute atomic E-state index is 12.7. The van der Waals surface area contributed by atoms with Crippen LogP contribution in [0.5, 0.6) is 0 Å². The van der Waals surface area contributed by atoms with Crippen LogP contribution in [-0.2, 0) is 23.1 Å². The Balaban J connectivity index is 1.35. The summed E-state index contributed by atoms with van der Waals surface area (Å²) in [5.74, 6) is 0.634. The summed E-state index contributed by atoms with van der Waals surface area (Å²) >= 11 is 0. The van der Waals surface area contributed by atoms with Crippen molar-refractivity contribution in [3.05, 3.63) is 89.6 Å². The van der Waals surface area contributed by atoms with Gasteiger partial charge in [-0.2, -0.15) is 0 Å². The summed E-state index contributed by atoms with van der Waals surface area (Å²) in [5.41, 5.74) is 2.03. The Hall–Kier alpha value is -3.23. The fourth-order valence-electron chi connectivity index (χ4n) is 3.95. The molecule has 0 bridgehead atoms. The monoisotopic (exact) mass is 478 g/mol.